The molecule has 2 aromatic carbocycles. The van der Waals surface area contributed by atoms with Crippen LogP contribution in [0.25, 0.3) is 21.8 Å². The minimum absolute atomic E-state index is 0.324. The third-order valence-corrected chi connectivity index (χ3v) is 5.96. The maximum Gasteiger partial charge on any atom is 0.494 e. The van der Waals surface area contributed by atoms with E-state index in [-0.39, 0.29) is 18.3 Å². The maximum absolute atomic E-state index is 6.17. The summed E-state index contributed by atoms with van der Waals surface area (Å²) in [7, 11) is 0.335. The van der Waals surface area contributed by atoms with E-state index in [2.05, 4.69) is 69.7 Å². The van der Waals surface area contributed by atoms with Crippen molar-refractivity contribution < 1.29 is 9.31 Å². The fourth-order valence-corrected chi connectivity index (χ4v) is 3.55. The van der Waals surface area contributed by atoms with Gasteiger partial charge in [-0.25, -0.2) is 4.98 Å². The maximum atomic E-state index is 6.17. The first-order valence-electron chi connectivity index (χ1n) is 8.26. The van der Waals surface area contributed by atoms with Crippen LogP contribution in [0.15, 0.2) is 30.3 Å². The zero-order valence-electron chi connectivity index (χ0n) is 14.7. The molecular formula is C18H22BN2O2P. The van der Waals surface area contributed by atoms with Crippen LogP contribution in [0, 0.1) is 0 Å². The molecule has 6 heteroatoms. The van der Waals surface area contributed by atoms with Crippen LogP contribution in [0.5, 0.6) is 0 Å². The van der Waals surface area contributed by atoms with Crippen molar-refractivity contribution in [3.63, 3.8) is 0 Å². The van der Waals surface area contributed by atoms with Gasteiger partial charge in [0, 0.05) is 5.39 Å². The first-order valence-corrected chi connectivity index (χ1v) is 9.76. The van der Waals surface area contributed by atoms with Gasteiger partial charge in [0.25, 0.3) is 0 Å². The standard InChI is InChI=1S/C18H22BN2O2P/c1-17(2)18(3,4)23-19(22-17)12-7-8-13-11(10-12)6-9-14-15(13)21-16(20-14)24-5/h6-10,24H,1-5H3,(H,20,21). The van der Waals surface area contributed by atoms with E-state index in [1.165, 1.54) is 0 Å². The summed E-state index contributed by atoms with van der Waals surface area (Å²) >= 11 is 0. The molecule has 0 amide bonds. The molecule has 0 bridgehead atoms. The highest BCUT2D eigenvalue weighted by molar-refractivity contribution is 7.45. The summed E-state index contributed by atoms with van der Waals surface area (Å²) in [5.74, 6) is 0. The van der Waals surface area contributed by atoms with Gasteiger partial charge in [-0.15, -0.1) is 0 Å². The van der Waals surface area contributed by atoms with Gasteiger partial charge in [0.2, 0.25) is 0 Å². The molecule has 4 rings (SSSR count). The molecule has 1 aliphatic rings. The molecular weight excluding hydrogens is 318 g/mol. The van der Waals surface area contributed by atoms with Gasteiger partial charge in [-0.05, 0) is 51.3 Å². The zero-order chi connectivity index (χ0) is 17.1. The van der Waals surface area contributed by atoms with E-state index in [0.29, 0.717) is 8.58 Å². The summed E-state index contributed by atoms with van der Waals surface area (Å²) in [5, 5.41) is 2.32. The van der Waals surface area contributed by atoms with Crippen LogP contribution in [0.1, 0.15) is 27.7 Å². The SMILES string of the molecule is CPc1nc2c(ccc3cc(B4OC(C)(C)C(C)(C)O4)ccc32)[nH]1. The molecule has 0 saturated carbocycles. The van der Waals surface area contributed by atoms with Crippen molar-refractivity contribution in [3.05, 3.63) is 30.3 Å². The highest BCUT2D eigenvalue weighted by atomic mass is 31.1. The summed E-state index contributed by atoms with van der Waals surface area (Å²) in [6.45, 7) is 10.4. The van der Waals surface area contributed by atoms with Crippen LogP contribution >= 0.6 is 8.58 Å². The minimum atomic E-state index is -0.332. The van der Waals surface area contributed by atoms with Crippen molar-refractivity contribution in [3.8, 4) is 0 Å². The van der Waals surface area contributed by atoms with Crippen molar-refractivity contribution in [2.45, 2.75) is 38.9 Å². The first kappa shape index (κ1) is 16.1. The van der Waals surface area contributed by atoms with Gasteiger partial charge in [0.05, 0.1) is 22.2 Å². The van der Waals surface area contributed by atoms with Crippen molar-refractivity contribution >= 4 is 48.5 Å². The van der Waals surface area contributed by atoms with Crippen molar-refractivity contribution in [2.75, 3.05) is 6.66 Å². The molecule has 1 saturated heterocycles. The minimum Gasteiger partial charge on any atom is -0.399 e. The molecule has 1 atom stereocenters. The largest absolute Gasteiger partial charge is 0.494 e. The van der Waals surface area contributed by atoms with Gasteiger partial charge < -0.3 is 14.3 Å². The van der Waals surface area contributed by atoms with Crippen molar-refractivity contribution in [1.29, 1.82) is 0 Å². The molecule has 1 N–H and O–H groups in total. The van der Waals surface area contributed by atoms with E-state index in [0.717, 1.165) is 32.8 Å². The second-order valence-corrected chi connectivity index (χ2v) is 8.34. The first-order chi connectivity index (χ1) is 11.3. The van der Waals surface area contributed by atoms with Crippen molar-refractivity contribution in [1.82, 2.24) is 9.97 Å². The Balaban J connectivity index is 1.78. The second kappa shape index (κ2) is 5.29. The smallest absolute Gasteiger partial charge is 0.399 e. The predicted molar refractivity (Wildman–Crippen MR) is 103 cm³/mol. The number of nitrogens with zero attached hydrogens (tertiary/aromatic N) is 1. The Hall–Kier alpha value is -1.42. The number of fused-ring (bicyclic) bond motifs is 3. The van der Waals surface area contributed by atoms with E-state index in [1.807, 2.05) is 0 Å². The van der Waals surface area contributed by atoms with Crippen LogP contribution in [0.4, 0.5) is 0 Å². The van der Waals surface area contributed by atoms with E-state index < -0.39 is 0 Å². The molecule has 24 heavy (non-hydrogen) atoms. The Labute approximate surface area is 144 Å². The Kier molecular flexibility index (Phi) is 3.54. The van der Waals surface area contributed by atoms with Crippen LogP contribution in [0.3, 0.4) is 0 Å². The average Bonchev–Trinajstić information content (AvgIpc) is 3.05. The van der Waals surface area contributed by atoms with Gasteiger partial charge in [-0.3, -0.25) is 0 Å². The lowest BCUT2D eigenvalue weighted by molar-refractivity contribution is 0.00578. The molecule has 0 aliphatic carbocycles. The summed E-state index contributed by atoms with van der Waals surface area (Å²) in [4.78, 5) is 8.11. The van der Waals surface area contributed by atoms with E-state index in [1.54, 1.807) is 0 Å². The fraction of sp³-hybridized carbons (Fsp3) is 0.389. The lowest BCUT2D eigenvalue weighted by atomic mass is 9.78. The number of aromatic amines is 1. The normalized spacial score (nSPS) is 20.0. The van der Waals surface area contributed by atoms with Gasteiger partial charge >= 0.3 is 7.12 Å². The van der Waals surface area contributed by atoms with Crippen LogP contribution in [-0.4, -0.2) is 35.0 Å². The number of nitrogens with one attached hydrogen (secondary N) is 1. The Morgan fingerprint density at radius 2 is 1.75 bits per heavy atom. The number of rotatable bonds is 2. The molecule has 1 unspecified atom stereocenters. The summed E-state index contributed by atoms with van der Waals surface area (Å²) in [6.07, 6.45) is 0. The fourth-order valence-electron chi connectivity index (χ4n) is 3.06. The summed E-state index contributed by atoms with van der Waals surface area (Å²) in [6, 6.07) is 10.6. The van der Waals surface area contributed by atoms with Crippen LogP contribution < -0.4 is 11.0 Å². The van der Waals surface area contributed by atoms with Crippen LogP contribution in [-0.2, 0) is 9.31 Å². The Bertz CT molecular complexity index is 919. The van der Waals surface area contributed by atoms with Gasteiger partial charge in [0.1, 0.15) is 5.57 Å². The summed E-state index contributed by atoms with van der Waals surface area (Å²) in [5.41, 5.74) is 3.58. The molecule has 3 aromatic rings. The van der Waals surface area contributed by atoms with Crippen molar-refractivity contribution in [2.24, 2.45) is 0 Å². The highest BCUT2D eigenvalue weighted by Gasteiger charge is 2.51. The predicted octanol–water partition coefficient (Wildman–Crippen LogP) is 2.95. The molecule has 1 fully saturated rings. The number of imidazole rings is 1. The molecule has 0 spiro atoms. The molecule has 1 aliphatic heterocycles. The zero-order valence-corrected chi connectivity index (χ0v) is 15.7. The number of hydrogen-bond donors (Lipinski definition) is 1. The number of hydrogen-bond acceptors (Lipinski definition) is 3. The Morgan fingerprint density at radius 1 is 1.04 bits per heavy atom. The lowest BCUT2D eigenvalue weighted by Gasteiger charge is -2.32. The average molecular weight is 340 g/mol. The monoisotopic (exact) mass is 340 g/mol. The lowest BCUT2D eigenvalue weighted by Crippen LogP contribution is -2.41. The van der Waals surface area contributed by atoms with E-state index >= 15 is 0 Å². The number of aromatic nitrogens is 2. The highest BCUT2D eigenvalue weighted by Crippen LogP contribution is 2.36. The molecule has 4 nitrogen and oxygen atoms in total. The van der Waals surface area contributed by atoms with E-state index in [9.17, 15) is 0 Å². The number of benzene rings is 2. The number of H-pyrrole nitrogens is 1. The third kappa shape index (κ3) is 2.38. The molecule has 0 radical (unpaired) electrons. The topological polar surface area (TPSA) is 47.1 Å². The molecule has 124 valence electrons. The third-order valence-electron chi connectivity index (χ3n) is 5.25. The second-order valence-electron chi connectivity index (χ2n) is 7.37. The van der Waals surface area contributed by atoms with Gasteiger partial charge in [0.15, 0.2) is 0 Å². The van der Waals surface area contributed by atoms with E-state index in [4.69, 9.17) is 14.3 Å². The van der Waals surface area contributed by atoms with Crippen LogP contribution in [0.2, 0.25) is 0 Å². The molecule has 2 heterocycles. The molecule has 1 aromatic heterocycles. The van der Waals surface area contributed by atoms with Gasteiger partial charge in [-0.1, -0.05) is 32.8 Å². The van der Waals surface area contributed by atoms with Gasteiger partial charge in [-0.2, -0.15) is 0 Å². The summed E-state index contributed by atoms with van der Waals surface area (Å²) < 4.78 is 12.3. The Morgan fingerprint density at radius 3 is 2.42 bits per heavy atom. The quantitative estimate of drug-likeness (QED) is 0.576.